The molecule has 4 rings (SSSR count). The highest BCUT2D eigenvalue weighted by atomic mass is 19.1. The van der Waals surface area contributed by atoms with Gasteiger partial charge < -0.3 is 15.0 Å². The van der Waals surface area contributed by atoms with Crippen molar-refractivity contribution >= 4 is 22.7 Å². The molecule has 0 aliphatic heterocycles. The summed E-state index contributed by atoms with van der Waals surface area (Å²) >= 11 is 0. The van der Waals surface area contributed by atoms with E-state index in [1.807, 2.05) is 36.6 Å². The number of nitrogens with zero attached hydrogens (tertiary/aromatic N) is 3. The minimum absolute atomic E-state index is 0.222. The van der Waals surface area contributed by atoms with Gasteiger partial charge in [0.15, 0.2) is 0 Å². The number of hydrogen-bond acceptors (Lipinski definition) is 4. The highest BCUT2D eigenvalue weighted by molar-refractivity contribution is 5.90. The molecule has 2 N–H and O–H groups in total. The largest absolute Gasteiger partial charge is 0.478 e. The van der Waals surface area contributed by atoms with Gasteiger partial charge in [0, 0.05) is 35.8 Å². The summed E-state index contributed by atoms with van der Waals surface area (Å²) in [4.78, 5) is 20.3. The zero-order chi connectivity index (χ0) is 24.4. The van der Waals surface area contributed by atoms with Crippen molar-refractivity contribution in [1.82, 2.24) is 14.5 Å². The van der Waals surface area contributed by atoms with Crippen molar-refractivity contribution in [3.05, 3.63) is 77.0 Å². The number of fused-ring (bicyclic) bond motifs is 1. The van der Waals surface area contributed by atoms with E-state index in [0.717, 1.165) is 27.8 Å². The number of rotatable bonds is 8. The second-order valence-electron chi connectivity index (χ2n) is 9.05. The maximum absolute atomic E-state index is 14.5. The first-order chi connectivity index (χ1) is 16.2. The molecular weight excluding hydrogens is 431 g/mol. The van der Waals surface area contributed by atoms with Gasteiger partial charge >= 0.3 is 5.97 Å². The Kier molecular flexibility index (Phi) is 6.63. The molecule has 7 heteroatoms. The first-order valence-electron chi connectivity index (χ1n) is 11.4. The molecule has 0 aliphatic rings. The van der Waals surface area contributed by atoms with E-state index in [9.17, 15) is 14.3 Å². The predicted octanol–water partition coefficient (Wildman–Crippen LogP) is 5.86. The van der Waals surface area contributed by atoms with Crippen molar-refractivity contribution in [1.29, 1.82) is 0 Å². The summed E-state index contributed by atoms with van der Waals surface area (Å²) in [5, 5.41) is 13.8. The predicted molar refractivity (Wildman–Crippen MR) is 133 cm³/mol. The van der Waals surface area contributed by atoms with Crippen molar-refractivity contribution < 1.29 is 14.3 Å². The molecule has 0 spiro atoms. The van der Waals surface area contributed by atoms with Gasteiger partial charge in [-0.3, -0.25) is 0 Å². The molecular formula is C27H29FN4O2. The van der Waals surface area contributed by atoms with Crippen LogP contribution in [-0.4, -0.2) is 32.2 Å². The number of anilines is 1. The van der Waals surface area contributed by atoms with Gasteiger partial charge in [0.2, 0.25) is 0 Å². The Bertz CT molecular complexity index is 1360. The zero-order valence-corrected chi connectivity index (χ0v) is 19.9. The number of hydrogen-bond donors (Lipinski definition) is 2. The van der Waals surface area contributed by atoms with Crippen molar-refractivity contribution in [3.8, 4) is 11.3 Å². The lowest BCUT2D eigenvalue weighted by atomic mass is 9.95. The zero-order valence-electron chi connectivity index (χ0n) is 19.9. The Hall–Kier alpha value is -3.74. The summed E-state index contributed by atoms with van der Waals surface area (Å²) in [7, 11) is 0. The fraction of sp³-hybridized carbons (Fsp3) is 0.296. The molecule has 0 atom stereocenters. The lowest BCUT2D eigenvalue weighted by Gasteiger charge is -2.13. The van der Waals surface area contributed by atoms with Gasteiger partial charge in [0.05, 0.1) is 16.8 Å². The van der Waals surface area contributed by atoms with E-state index in [-0.39, 0.29) is 5.82 Å². The van der Waals surface area contributed by atoms with E-state index in [1.54, 1.807) is 18.2 Å². The normalized spacial score (nSPS) is 11.4. The number of aryl methyl sites for hydroxylation is 2. The van der Waals surface area contributed by atoms with Crippen LogP contribution in [0.25, 0.3) is 22.2 Å². The number of halogens is 1. The third-order valence-electron chi connectivity index (χ3n) is 6.00. The molecule has 0 unspecified atom stereocenters. The van der Waals surface area contributed by atoms with Gasteiger partial charge in [-0.1, -0.05) is 26.0 Å². The van der Waals surface area contributed by atoms with Crippen LogP contribution in [0, 0.1) is 25.6 Å². The summed E-state index contributed by atoms with van der Waals surface area (Å²) in [6, 6.07) is 12.5. The number of carbonyl (C=O) groups is 1. The molecule has 6 nitrogen and oxygen atoms in total. The smallest absolute Gasteiger partial charge is 0.335 e. The third kappa shape index (κ3) is 4.78. The van der Waals surface area contributed by atoms with E-state index in [1.165, 1.54) is 12.4 Å². The van der Waals surface area contributed by atoms with Crippen LogP contribution in [-0.2, 0) is 13.0 Å². The van der Waals surface area contributed by atoms with Crippen LogP contribution < -0.4 is 5.32 Å². The second-order valence-corrected chi connectivity index (χ2v) is 9.05. The van der Waals surface area contributed by atoms with Crippen molar-refractivity contribution in [2.24, 2.45) is 5.92 Å². The van der Waals surface area contributed by atoms with Crippen LogP contribution in [0.2, 0.25) is 0 Å². The highest BCUT2D eigenvalue weighted by Gasteiger charge is 2.14. The van der Waals surface area contributed by atoms with Gasteiger partial charge in [0.25, 0.3) is 0 Å². The Labute approximate surface area is 198 Å². The van der Waals surface area contributed by atoms with Crippen LogP contribution in [0.3, 0.4) is 0 Å². The summed E-state index contributed by atoms with van der Waals surface area (Å²) in [6.45, 7) is 9.24. The van der Waals surface area contributed by atoms with Crippen LogP contribution in [0.15, 0.2) is 48.8 Å². The number of carboxylic acids is 1. The van der Waals surface area contributed by atoms with E-state index in [0.29, 0.717) is 48.0 Å². The first-order valence-corrected chi connectivity index (χ1v) is 11.4. The number of aromatic nitrogens is 3. The Morgan fingerprint density at radius 3 is 2.65 bits per heavy atom. The van der Waals surface area contributed by atoms with E-state index in [4.69, 9.17) is 0 Å². The number of benzene rings is 2. The van der Waals surface area contributed by atoms with E-state index in [2.05, 4.69) is 29.1 Å². The minimum Gasteiger partial charge on any atom is -0.478 e. The van der Waals surface area contributed by atoms with Crippen LogP contribution in [0.4, 0.5) is 10.2 Å². The molecule has 2 aromatic heterocycles. The lowest BCUT2D eigenvalue weighted by molar-refractivity contribution is 0.0695. The molecule has 0 saturated heterocycles. The number of nitrogens with one attached hydrogen (secondary N) is 1. The van der Waals surface area contributed by atoms with Gasteiger partial charge in [-0.15, -0.1) is 0 Å². The van der Waals surface area contributed by atoms with E-state index < -0.39 is 5.97 Å². The third-order valence-corrected chi connectivity index (χ3v) is 6.00. The summed E-state index contributed by atoms with van der Waals surface area (Å²) in [6.07, 6.45) is 2.16. The van der Waals surface area contributed by atoms with Crippen LogP contribution in [0.5, 0.6) is 0 Å². The molecule has 2 aromatic carbocycles. The Balaban J connectivity index is 1.53. The summed E-state index contributed by atoms with van der Waals surface area (Å²) in [5.74, 6) is -0.159. The van der Waals surface area contributed by atoms with Crippen LogP contribution in [0.1, 0.15) is 41.0 Å². The van der Waals surface area contributed by atoms with Crippen molar-refractivity contribution in [2.45, 2.75) is 40.7 Å². The van der Waals surface area contributed by atoms with Crippen molar-refractivity contribution in [3.63, 3.8) is 0 Å². The average Bonchev–Trinajstić information content (AvgIpc) is 3.13. The topological polar surface area (TPSA) is 80.0 Å². The molecule has 2 heterocycles. The number of aromatic carboxylic acids is 1. The average molecular weight is 461 g/mol. The second kappa shape index (κ2) is 9.63. The fourth-order valence-electron chi connectivity index (χ4n) is 4.37. The standard InChI is InChI=1S/C27H29FN4O2/c1-16(2)11-20-13-19(6-7-21(20)27(33)34)24-14-25(31-15-30-24)29-9-10-32-18(4)12-22-17(3)5-8-23(28)26(22)32/h5-8,12-16H,9-11H2,1-4H3,(H,33,34)(H,29,30,31). The lowest BCUT2D eigenvalue weighted by Crippen LogP contribution is -2.13. The molecule has 0 amide bonds. The Morgan fingerprint density at radius 2 is 1.91 bits per heavy atom. The molecule has 0 fully saturated rings. The molecule has 176 valence electrons. The minimum atomic E-state index is -0.924. The summed E-state index contributed by atoms with van der Waals surface area (Å²) in [5.41, 5.74) is 5.35. The van der Waals surface area contributed by atoms with Crippen molar-refractivity contribution in [2.75, 3.05) is 11.9 Å². The highest BCUT2D eigenvalue weighted by Crippen LogP contribution is 2.26. The quantitative estimate of drug-likeness (QED) is 0.344. The molecule has 0 saturated carbocycles. The molecule has 34 heavy (non-hydrogen) atoms. The number of carboxylic acid groups (broad SMARTS) is 1. The SMILES string of the molecule is Cc1ccc(F)c2c1cc(C)n2CCNc1cc(-c2ccc(C(=O)O)c(CC(C)C)c2)ncn1. The fourth-order valence-corrected chi connectivity index (χ4v) is 4.37. The maximum atomic E-state index is 14.5. The summed E-state index contributed by atoms with van der Waals surface area (Å²) < 4.78 is 16.5. The monoisotopic (exact) mass is 460 g/mol. The van der Waals surface area contributed by atoms with Crippen LogP contribution >= 0.6 is 0 Å². The first kappa shape index (κ1) is 23.4. The van der Waals surface area contributed by atoms with Gasteiger partial charge in [-0.05, 0) is 61.6 Å². The molecule has 0 radical (unpaired) electrons. The maximum Gasteiger partial charge on any atom is 0.335 e. The van der Waals surface area contributed by atoms with Gasteiger partial charge in [-0.25, -0.2) is 19.2 Å². The van der Waals surface area contributed by atoms with Gasteiger partial charge in [0.1, 0.15) is 18.0 Å². The molecule has 0 bridgehead atoms. The molecule has 4 aromatic rings. The van der Waals surface area contributed by atoms with Gasteiger partial charge in [-0.2, -0.15) is 0 Å². The van der Waals surface area contributed by atoms with E-state index >= 15 is 0 Å². The molecule has 0 aliphatic carbocycles. The Morgan fingerprint density at radius 1 is 1.12 bits per heavy atom.